The number of hydrogen-bond donors (Lipinski definition) is 1. The highest BCUT2D eigenvalue weighted by molar-refractivity contribution is 5.89. The number of carbonyl (C=O) groups is 1. The number of aliphatic hydroxyl groups excluding tert-OH is 1. The third-order valence-corrected chi connectivity index (χ3v) is 2.71. The normalized spacial score (nSPS) is 12.2. The summed E-state index contributed by atoms with van der Waals surface area (Å²) in [5.41, 5.74) is 1.72. The van der Waals surface area contributed by atoms with Crippen molar-refractivity contribution in [2.45, 2.75) is 25.9 Å². The molecule has 0 heterocycles. The van der Waals surface area contributed by atoms with Gasteiger partial charge in [-0.25, -0.2) is 4.79 Å². The van der Waals surface area contributed by atoms with E-state index in [4.69, 9.17) is 9.84 Å². The Hall–Kier alpha value is -1.39. The van der Waals surface area contributed by atoms with Gasteiger partial charge in [-0.05, 0) is 37.5 Å². The zero-order valence-corrected chi connectivity index (χ0v) is 10.9. The monoisotopic (exact) mass is 252 g/mol. The van der Waals surface area contributed by atoms with Gasteiger partial charge in [0.2, 0.25) is 0 Å². The molecular formula is C14H20O4. The van der Waals surface area contributed by atoms with E-state index < -0.39 is 0 Å². The van der Waals surface area contributed by atoms with Gasteiger partial charge >= 0.3 is 5.97 Å². The minimum absolute atomic E-state index is 0.0537. The summed E-state index contributed by atoms with van der Waals surface area (Å²) in [6, 6.07) is 7.37. The van der Waals surface area contributed by atoms with E-state index in [-0.39, 0.29) is 18.7 Å². The van der Waals surface area contributed by atoms with Crippen molar-refractivity contribution >= 4 is 5.97 Å². The summed E-state index contributed by atoms with van der Waals surface area (Å²) in [6.45, 7) is 2.42. The van der Waals surface area contributed by atoms with Crippen LogP contribution in [0.2, 0.25) is 0 Å². The molecule has 1 N–H and O–H groups in total. The molecule has 0 saturated heterocycles. The van der Waals surface area contributed by atoms with Crippen LogP contribution in [0.4, 0.5) is 0 Å². The van der Waals surface area contributed by atoms with E-state index in [1.165, 1.54) is 7.11 Å². The van der Waals surface area contributed by atoms with Crippen molar-refractivity contribution in [1.82, 2.24) is 0 Å². The Bertz CT molecular complexity index is 359. The molecule has 4 heteroatoms. The Morgan fingerprint density at radius 3 is 2.56 bits per heavy atom. The van der Waals surface area contributed by atoms with Crippen LogP contribution in [-0.4, -0.2) is 37.5 Å². The minimum atomic E-state index is -0.318. The largest absolute Gasteiger partial charge is 0.465 e. The van der Waals surface area contributed by atoms with Crippen LogP contribution in [0.15, 0.2) is 24.3 Å². The summed E-state index contributed by atoms with van der Waals surface area (Å²) in [6.07, 6.45) is 1.89. The number of aryl methyl sites for hydroxylation is 1. The standard InChI is InChI=1S/C14H20O4/c1-11(18-10-9-15)3-4-12-5-7-13(8-6-12)14(16)17-2/h5-8,11,15H,3-4,9-10H2,1-2H3. The predicted octanol–water partition coefficient (Wildman–Crippen LogP) is 1.80. The third kappa shape index (κ3) is 4.85. The number of aliphatic hydroxyl groups is 1. The molecule has 0 amide bonds. The molecule has 0 radical (unpaired) electrons. The Morgan fingerprint density at radius 2 is 2.00 bits per heavy atom. The van der Waals surface area contributed by atoms with Gasteiger partial charge in [0.15, 0.2) is 0 Å². The van der Waals surface area contributed by atoms with Crippen LogP contribution in [0.1, 0.15) is 29.3 Å². The highest BCUT2D eigenvalue weighted by Gasteiger charge is 2.06. The molecule has 0 aliphatic rings. The number of rotatable bonds is 7. The molecule has 18 heavy (non-hydrogen) atoms. The molecule has 0 aliphatic heterocycles. The van der Waals surface area contributed by atoms with Crippen molar-refractivity contribution in [1.29, 1.82) is 0 Å². The number of carbonyl (C=O) groups excluding carboxylic acids is 1. The van der Waals surface area contributed by atoms with Gasteiger partial charge < -0.3 is 14.6 Å². The first kappa shape index (κ1) is 14.7. The van der Waals surface area contributed by atoms with Crippen molar-refractivity contribution in [2.75, 3.05) is 20.3 Å². The van der Waals surface area contributed by atoms with Crippen LogP contribution in [0.25, 0.3) is 0 Å². The van der Waals surface area contributed by atoms with Gasteiger partial charge in [-0.1, -0.05) is 12.1 Å². The van der Waals surface area contributed by atoms with Crippen molar-refractivity contribution in [3.63, 3.8) is 0 Å². The molecule has 1 unspecified atom stereocenters. The van der Waals surface area contributed by atoms with E-state index in [1.54, 1.807) is 12.1 Å². The average Bonchev–Trinajstić information content (AvgIpc) is 2.42. The fraction of sp³-hybridized carbons (Fsp3) is 0.500. The second-order valence-electron chi connectivity index (χ2n) is 4.13. The first-order valence-corrected chi connectivity index (χ1v) is 6.07. The van der Waals surface area contributed by atoms with E-state index in [9.17, 15) is 4.79 Å². The quantitative estimate of drug-likeness (QED) is 0.752. The second-order valence-corrected chi connectivity index (χ2v) is 4.13. The molecule has 0 spiro atoms. The average molecular weight is 252 g/mol. The zero-order valence-electron chi connectivity index (χ0n) is 10.9. The van der Waals surface area contributed by atoms with E-state index in [1.807, 2.05) is 19.1 Å². The second kappa shape index (κ2) is 7.84. The lowest BCUT2D eigenvalue weighted by atomic mass is 10.1. The third-order valence-electron chi connectivity index (χ3n) is 2.71. The smallest absolute Gasteiger partial charge is 0.337 e. The van der Waals surface area contributed by atoms with Gasteiger partial charge in [0.25, 0.3) is 0 Å². The molecule has 4 nitrogen and oxygen atoms in total. The molecule has 100 valence electrons. The molecule has 0 saturated carbocycles. The van der Waals surface area contributed by atoms with Crippen molar-refractivity contribution in [2.24, 2.45) is 0 Å². The van der Waals surface area contributed by atoms with Gasteiger partial charge in [-0.2, -0.15) is 0 Å². The molecular weight excluding hydrogens is 232 g/mol. The molecule has 0 aromatic heterocycles. The Labute approximate surface area is 108 Å². The van der Waals surface area contributed by atoms with E-state index in [0.29, 0.717) is 12.2 Å². The van der Waals surface area contributed by atoms with Gasteiger partial charge in [-0.3, -0.25) is 0 Å². The lowest BCUT2D eigenvalue weighted by Gasteiger charge is -2.12. The van der Waals surface area contributed by atoms with Crippen LogP contribution in [-0.2, 0) is 15.9 Å². The molecule has 1 aromatic carbocycles. The molecule has 1 aromatic rings. The topological polar surface area (TPSA) is 55.8 Å². The van der Waals surface area contributed by atoms with E-state index in [2.05, 4.69) is 4.74 Å². The number of methoxy groups -OCH3 is 1. The summed E-state index contributed by atoms with van der Waals surface area (Å²) >= 11 is 0. The summed E-state index contributed by atoms with van der Waals surface area (Å²) in [4.78, 5) is 11.2. The number of hydrogen-bond acceptors (Lipinski definition) is 4. The summed E-state index contributed by atoms with van der Waals surface area (Å²) in [5, 5.41) is 8.64. The molecule has 1 atom stereocenters. The lowest BCUT2D eigenvalue weighted by molar-refractivity contribution is 0.0349. The van der Waals surface area contributed by atoms with Crippen molar-refractivity contribution in [3.8, 4) is 0 Å². The first-order chi connectivity index (χ1) is 8.67. The number of esters is 1. The van der Waals surface area contributed by atoms with Gasteiger partial charge in [0, 0.05) is 0 Å². The van der Waals surface area contributed by atoms with Crippen LogP contribution in [0.3, 0.4) is 0 Å². The van der Waals surface area contributed by atoms with Crippen LogP contribution < -0.4 is 0 Å². The maximum Gasteiger partial charge on any atom is 0.337 e. The van der Waals surface area contributed by atoms with Gasteiger partial charge in [-0.15, -0.1) is 0 Å². The lowest BCUT2D eigenvalue weighted by Crippen LogP contribution is -2.12. The van der Waals surface area contributed by atoms with Gasteiger partial charge in [0.1, 0.15) is 0 Å². The maximum absolute atomic E-state index is 11.2. The highest BCUT2D eigenvalue weighted by Crippen LogP contribution is 2.10. The van der Waals surface area contributed by atoms with Crippen LogP contribution >= 0.6 is 0 Å². The molecule has 0 aliphatic carbocycles. The molecule has 0 fully saturated rings. The van der Waals surface area contributed by atoms with E-state index >= 15 is 0 Å². The SMILES string of the molecule is COC(=O)c1ccc(CCC(C)OCCO)cc1. The Balaban J connectivity index is 2.41. The van der Waals surface area contributed by atoms with E-state index in [0.717, 1.165) is 18.4 Å². The first-order valence-electron chi connectivity index (χ1n) is 6.07. The maximum atomic E-state index is 11.2. The highest BCUT2D eigenvalue weighted by atomic mass is 16.5. The fourth-order valence-corrected chi connectivity index (χ4v) is 1.63. The summed E-state index contributed by atoms with van der Waals surface area (Å²) in [7, 11) is 1.37. The Morgan fingerprint density at radius 1 is 1.33 bits per heavy atom. The van der Waals surface area contributed by atoms with Gasteiger partial charge in [0.05, 0.1) is 32.0 Å². The number of ether oxygens (including phenoxy) is 2. The number of benzene rings is 1. The minimum Gasteiger partial charge on any atom is -0.465 e. The summed E-state index contributed by atoms with van der Waals surface area (Å²) in [5.74, 6) is -0.318. The van der Waals surface area contributed by atoms with Crippen LogP contribution in [0.5, 0.6) is 0 Å². The van der Waals surface area contributed by atoms with Crippen LogP contribution in [0, 0.1) is 0 Å². The fourth-order valence-electron chi connectivity index (χ4n) is 1.63. The van der Waals surface area contributed by atoms with Crippen molar-refractivity contribution < 1.29 is 19.4 Å². The predicted molar refractivity (Wildman–Crippen MR) is 68.6 cm³/mol. The molecule has 1 rings (SSSR count). The summed E-state index contributed by atoms with van der Waals surface area (Å²) < 4.78 is 10.0. The molecule has 0 bridgehead atoms. The van der Waals surface area contributed by atoms with Crippen molar-refractivity contribution in [3.05, 3.63) is 35.4 Å². The Kier molecular flexibility index (Phi) is 6.39. The zero-order chi connectivity index (χ0) is 13.4.